The first kappa shape index (κ1) is 9.64. The fourth-order valence-electron chi connectivity index (χ4n) is 1.32. The lowest BCUT2D eigenvalue weighted by atomic mass is 10.3. The zero-order chi connectivity index (χ0) is 10.7. The Labute approximate surface area is 87.7 Å². The van der Waals surface area contributed by atoms with Gasteiger partial charge in [-0.15, -0.1) is 0 Å². The summed E-state index contributed by atoms with van der Waals surface area (Å²) in [5.41, 5.74) is 0.857. The number of rotatable bonds is 3. The summed E-state index contributed by atoms with van der Waals surface area (Å²) in [6, 6.07) is 1.87. The topological polar surface area (TPSA) is 52.8 Å². The highest BCUT2D eigenvalue weighted by molar-refractivity contribution is 5.19. The third kappa shape index (κ3) is 2.12. The van der Waals surface area contributed by atoms with Crippen molar-refractivity contribution in [3.8, 4) is 5.75 Å². The molecule has 0 N–H and O–H groups in total. The number of nitrogens with zero attached hydrogens (tertiary/aromatic N) is 4. The molecule has 2 aromatic heterocycles. The number of aromatic nitrogens is 4. The minimum absolute atomic E-state index is 0.663. The average molecular weight is 204 g/mol. The van der Waals surface area contributed by atoms with Crippen molar-refractivity contribution >= 4 is 0 Å². The number of ether oxygens (including phenoxy) is 1. The molecule has 0 bridgehead atoms. The van der Waals surface area contributed by atoms with Gasteiger partial charge < -0.3 is 9.30 Å². The van der Waals surface area contributed by atoms with Crippen LogP contribution in [0.3, 0.4) is 0 Å². The number of aryl methyl sites for hydroxylation is 1. The molecule has 0 spiro atoms. The van der Waals surface area contributed by atoms with Crippen LogP contribution in [0.1, 0.15) is 11.5 Å². The van der Waals surface area contributed by atoms with E-state index in [1.54, 1.807) is 19.5 Å². The molecule has 0 unspecified atom stereocenters. The van der Waals surface area contributed by atoms with E-state index >= 15 is 0 Å². The molecule has 15 heavy (non-hydrogen) atoms. The normalized spacial score (nSPS) is 10.3. The molecule has 0 aromatic carbocycles. The van der Waals surface area contributed by atoms with Crippen LogP contribution >= 0.6 is 0 Å². The Morgan fingerprint density at radius 2 is 2.33 bits per heavy atom. The Morgan fingerprint density at radius 3 is 3.00 bits per heavy atom. The Balaban J connectivity index is 2.21. The monoisotopic (exact) mass is 204 g/mol. The van der Waals surface area contributed by atoms with Crippen molar-refractivity contribution < 1.29 is 4.74 Å². The van der Waals surface area contributed by atoms with Crippen LogP contribution in [0.25, 0.3) is 0 Å². The van der Waals surface area contributed by atoms with Gasteiger partial charge in [0, 0.05) is 18.5 Å². The number of hydrogen-bond donors (Lipinski definition) is 0. The van der Waals surface area contributed by atoms with E-state index in [1.165, 1.54) is 0 Å². The number of imidazole rings is 1. The second kappa shape index (κ2) is 4.08. The highest BCUT2D eigenvalue weighted by Gasteiger charge is 2.01. The molecule has 5 nitrogen and oxygen atoms in total. The van der Waals surface area contributed by atoms with Crippen molar-refractivity contribution in [2.24, 2.45) is 0 Å². The molecule has 0 aliphatic heterocycles. The molecule has 0 radical (unpaired) electrons. The fourth-order valence-corrected chi connectivity index (χ4v) is 1.32. The zero-order valence-corrected chi connectivity index (χ0v) is 8.71. The second-order valence-electron chi connectivity index (χ2n) is 3.19. The van der Waals surface area contributed by atoms with Crippen LogP contribution < -0.4 is 4.74 Å². The molecule has 0 aliphatic carbocycles. The maximum Gasteiger partial charge on any atom is 0.140 e. The van der Waals surface area contributed by atoms with Gasteiger partial charge in [-0.1, -0.05) is 0 Å². The molecule has 0 amide bonds. The van der Waals surface area contributed by atoms with Gasteiger partial charge in [-0.3, -0.25) is 0 Å². The van der Waals surface area contributed by atoms with E-state index in [4.69, 9.17) is 4.74 Å². The highest BCUT2D eigenvalue weighted by Crippen LogP contribution is 2.09. The van der Waals surface area contributed by atoms with Crippen LogP contribution in [0.5, 0.6) is 5.75 Å². The summed E-state index contributed by atoms with van der Waals surface area (Å²) in [6.07, 6.45) is 5.27. The lowest BCUT2D eigenvalue weighted by molar-refractivity contribution is 0.410. The lowest BCUT2D eigenvalue weighted by Gasteiger charge is -2.04. The van der Waals surface area contributed by atoms with Crippen LogP contribution in [-0.4, -0.2) is 26.9 Å². The van der Waals surface area contributed by atoms with Crippen molar-refractivity contribution in [1.82, 2.24) is 19.7 Å². The van der Waals surface area contributed by atoms with Gasteiger partial charge in [-0.2, -0.15) is 10.2 Å². The summed E-state index contributed by atoms with van der Waals surface area (Å²) >= 11 is 0. The first-order chi connectivity index (χ1) is 7.29. The first-order valence-corrected chi connectivity index (χ1v) is 4.63. The van der Waals surface area contributed by atoms with E-state index in [0.717, 1.165) is 17.3 Å². The summed E-state index contributed by atoms with van der Waals surface area (Å²) in [6.45, 7) is 2.61. The Hall–Kier alpha value is -1.91. The van der Waals surface area contributed by atoms with Crippen LogP contribution in [0.4, 0.5) is 0 Å². The Bertz CT molecular complexity index is 452. The average Bonchev–Trinajstić information content (AvgIpc) is 2.65. The molecule has 78 valence electrons. The summed E-state index contributed by atoms with van der Waals surface area (Å²) in [5, 5.41) is 7.88. The highest BCUT2D eigenvalue weighted by atomic mass is 16.5. The predicted octanol–water partition coefficient (Wildman–Crippen LogP) is 1.04. The lowest BCUT2D eigenvalue weighted by Crippen LogP contribution is -2.04. The molecule has 2 heterocycles. The van der Waals surface area contributed by atoms with Crippen molar-refractivity contribution in [3.05, 3.63) is 36.2 Å². The summed E-state index contributed by atoms with van der Waals surface area (Å²) < 4.78 is 7.08. The predicted molar refractivity (Wildman–Crippen MR) is 54.7 cm³/mol. The number of methoxy groups -OCH3 is 1. The number of hydrogen-bond acceptors (Lipinski definition) is 4. The fraction of sp³-hybridized carbons (Fsp3) is 0.300. The Morgan fingerprint density at radius 1 is 1.47 bits per heavy atom. The molecule has 5 heteroatoms. The van der Waals surface area contributed by atoms with Gasteiger partial charge in [0.2, 0.25) is 0 Å². The van der Waals surface area contributed by atoms with Gasteiger partial charge in [0.25, 0.3) is 0 Å². The zero-order valence-electron chi connectivity index (χ0n) is 8.71. The maximum absolute atomic E-state index is 5.08. The summed E-state index contributed by atoms with van der Waals surface area (Å²) in [4.78, 5) is 4.14. The van der Waals surface area contributed by atoms with Gasteiger partial charge in [0.15, 0.2) is 0 Å². The molecular formula is C10H12N4O. The van der Waals surface area contributed by atoms with Crippen molar-refractivity contribution in [2.45, 2.75) is 13.5 Å². The van der Waals surface area contributed by atoms with E-state index in [1.807, 2.05) is 23.8 Å². The quantitative estimate of drug-likeness (QED) is 0.749. The SMILES string of the molecule is COc1cnnc(Cn2ccnc2C)c1. The second-order valence-corrected chi connectivity index (χ2v) is 3.19. The van der Waals surface area contributed by atoms with Crippen molar-refractivity contribution in [2.75, 3.05) is 7.11 Å². The first-order valence-electron chi connectivity index (χ1n) is 4.63. The van der Waals surface area contributed by atoms with E-state index in [-0.39, 0.29) is 0 Å². The van der Waals surface area contributed by atoms with Crippen molar-refractivity contribution in [3.63, 3.8) is 0 Å². The molecule has 0 saturated carbocycles. The van der Waals surface area contributed by atoms with Crippen LogP contribution in [0, 0.1) is 6.92 Å². The maximum atomic E-state index is 5.08. The third-order valence-corrected chi connectivity index (χ3v) is 2.17. The summed E-state index contributed by atoms with van der Waals surface area (Å²) in [5.74, 6) is 1.68. The smallest absolute Gasteiger partial charge is 0.140 e. The van der Waals surface area contributed by atoms with Crippen LogP contribution in [0.2, 0.25) is 0 Å². The molecule has 2 aromatic rings. The molecule has 0 fully saturated rings. The van der Waals surface area contributed by atoms with E-state index in [0.29, 0.717) is 6.54 Å². The summed E-state index contributed by atoms with van der Waals surface area (Å²) in [7, 11) is 1.61. The minimum Gasteiger partial charge on any atom is -0.495 e. The van der Waals surface area contributed by atoms with Gasteiger partial charge in [-0.05, 0) is 6.92 Å². The molecule has 0 atom stereocenters. The minimum atomic E-state index is 0.663. The van der Waals surface area contributed by atoms with Crippen LogP contribution in [0.15, 0.2) is 24.7 Å². The van der Waals surface area contributed by atoms with E-state index < -0.39 is 0 Å². The van der Waals surface area contributed by atoms with Crippen LogP contribution in [-0.2, 0) is 6.54 Å². The van der Waals surface area contributed by atoms with Crippen molar-refractivity contribution in [1.29, 1.82) is 0 Å². The van der Waals surface area contributed by atoms with Gasteiger partial charge >= 0.3 is 0 Å². The van der Waals surface area contributed by atoms with Gasteiger partial charge in [-0.25, -0.2) is 4.98 Å². The molecular weight excluding hydrogens is 192 g/mol. The van der Waals surface area contributed by atoms with E-state index in [2.05, 4.69) is 15.2 Å². The van der Waals surface area contributed by atoms with Gasteiger partial charge in [0.1, 0.15) is 11.6 Å². The molecule has 0 aliphatic rings. The standard InChI is InChI=1S/C10H12N4O/c1-8-11-3-4-14(8)7-9-5-10(15-2)6-12-13-9/h3-6H,7H2,1-2H3. The molecule has 2 rings (SSSR count). The largest absolute Gasteiger partial charge is 0.495 e. The van der Waals surface area contributed by atoms with Gasteiger partial charge in [0.05, 0.1) is 25.5 Å². The molecule has 0 saturated heterocycles. The third-order valence-electron chi connectivity index (χ3n) is 2.17. The van der Waals surface area contributed by atoms with E-state index in [9.17, 15) is 0 Å². The Kier molecular flexibility index (Phi) is 2.62.